The number of hydrogen-bond donors (Lipinski definition) is 1. The van der Waals surface area contributed by atoms with E-state index in [2.05, 4.69) is 35.2 Å². The van der Waals surface area contributed by atoms with Crippen molar-refractivity contribution in [3.05, 3.63) is 35.9 Å². The first-order valence-electron chi connectivity index (χ1n) is 6.31. The molecule has 2 fully saturated rings. The normalized spacial score (nSPS) is 28.2. The van der Waals surface area contributed by atoms with Crippen molar-refractivity contribution < 1.29 is 0 Å². The van der Waals surface area contributed by atoms with Crippen LogP contribution in [0.3, 0.4) is 0 Å². The Morgan fingerprint density at radius 2 is 2.00 bits per heavy atom. The molecule has 0 unspecified atom stereocenters. The molecule has 2 N–H and O–H groups in total. The second-order valence-corrected chi connectivity index (χ2v) is 5.44. The molecular formula is C14H20N2. The first kappa shape index (κ1) is 10.3. The predicted octanol–water partition coefficient (Wildman–Crippen LogP) is 2.00. The van der Waals surface area contributed by atoms with Crippen molar-refractivity contribution in [2.45, 2.75) is 31.3 Å². The summed E-state index contributed by atoms with van der Waals surface area (Å²) in [5.74, 6) is 0.746. The van der Waals surface area contributed by atoms with Crippen LogP contribution in [0.2, 0.25) is 0 Å². The van der Waals surface area contributed by atoms with Gasteiger partial charge in [-0.3, -0.25) is 4.90 Å². The van der Waals surface area contributed by atoms with Crippen LogP contribution in [0.4, 0.5) is 0 Å². The van der Waals surface area contributed by atoms with Crippen molar-refractivity contribution in [2.75, 3.05) is 13.1 Å². The molecule has 1 aliphatic heterocycles. The summed E-state index contributed by atoms with van der Waals surface area (Å²) < 4.78 is 0. The van der Waals surface area contributed by atoms with Crippen molar-refractivity contribution in [1.82, 2.24) is 4.90 Å². The van der Waals surface area contributed by atoms with Crippen LogP contribution < -0.4 is 5.73 Å². The zero-order chi connectivity index (χ0) is 11.0. The van der Waals surface area contributed by atoms with Gasteiger partial charge in [0.15, 0.2) is 0 Å². The van der Waals surface area contributed by atoms with Gasteiger partial charge in [0.2, 0.25) is 0 Å². The maximum absolute atomic E-state index is 6.28. The Balaban J connectivity index is 1.58. The highest BCUT2D eigenvalue weighted by atomic mass is 15.2. The molecule has 0 radical (unpaired) electrons. The van der Waals surface area contributed by atoms with E-state index in [4.69, 9.17) is 5.73 Å². The number of hydrogen-bond acceptors (Lipinski definition) is 2. The Bertz CT molecular complexity index is 356. The SMILES string of the molecule is NC1([C@H]2CCN(Cc3ccccc3)C2)CC1. The van der Waals surface area contributed by atoms with Crippen LogP contribution in [0.15, 0.2) is 30.3 Å². The molecule has 0 amide bonds. The molecule has 1 heterocycles. The lowest BCUT2D eigenvalue weighted by atomic mass is 9.98. The second kappa shape index (κ2) is 3.86. The molecule has 2 aliphatic rings. The maximum atomic E-state index is 6.28. The van der Waals surface area contributed by atoms with Crippen molar-refractivity contribution in [3.63, 3.8) is 0 Å². The summed E-state index contributed by atoms with van der Waals surface area (Å²) in [5, 5.41) is 0. The molecule has 16 heavy (non-hydrogen) atoms. The molecule has 0 bridgehead atoms. The average molecular weight is 216 g/mol. The molecule has 1 atom stereocenters. The van der Waals surface area contributed by atoms with Crippen LogP contribution in [0.1, 0.15) is 24.8 Å². The zero-order valence-electron chi connectivity index (χ0n) is 9.73. The minimum Gasteiger partial charge on any atom is -0.325 e. The summed E-state index contributed by atoms with van der Waals surface area (Å²) in [6.45, 7) is 3.51. The van der Waals surface area contributed by atoms with Gasteiger partial charge in [-0.15, -0.1) is 0 Å². The van der Waals surface area contributed by atoms with E-state index >= 15 is 0 Å². The predicted molar refractivity (Wildman–Crippen MR) is 66.0 cm³/mol. The molecule has 0 spiro atoms. The molecule has 1 saturated heterocycles. The van der Waals surface area contributed by atoms with E-state index in [0.717, 1.165) is 12.5 Å². The van der Waals surface area contributed by atoms with E-state index in [1.54, 1.807) is 0 Å². The van der Waals surface area contributed by atoms with Gasteiger partial charge in [-0.25, -0.2) is 0 Å². The second-order valence-electron chi connectivity index (χ2n) is 5.44. The summed E-state index contributed by atoms with van der Waals surface area (Å²) in [6, 6.07) is 10.7. The Morgan fingerprint density at radius 1 is 1.25 bits per heavy atom. The van der Waals surface area contributed by atoms with Crippen LogP contribution in [0, 0.1) is 5.92 Å². The van der Waals surface area contributed by atoms with Crippen LogP contribution in [0.25, 0.3) is 0 Å². The number of rotatable bonds is 3. The van der Waals surface area contributed by atoms with Gasteiger partial charge in [-0.05, 0) is 37.3 Å². The van der Waals surface area contributed by atoms with E-state index in [-0.39, 0.29) is 5.54 Å². The molecule has 3 rings (SSSR count). The highest BCUT2D eigenvalue weighted by Gasteiger charge is 2.47. The van der Waals surface area contributed by atoms with Crippen molar-refractivity contribution in [3.8, 4) is 0 Å². The highest BCUT2D eigenvalue weighted by Crippen LogP contribution is 2.43. The van der Waals surface area contributed by atoms with Gasteiger partial charge in [0.1, 0.15) is 0 Å². The van der Waals surface area contributed by atoms with Gasteiger partial charge >= 0.3 is 0 Å². The van der Waals surface area contributed by atoms with E-state index in [0.29, 0.717) is 0 Å². The standard InChI is InChI=1S/C14H20N2/c15-14(7-8-14)13-6-9-16(11-13)10-12-4-2-1-3-5-12/h1-5,13H,6-11,15H2/t13-/m0/s1. The minimum absolute atomic E-state index is 0.214. The van der Waals surface area contributed by atoms with Crippen molar-refractivity contribution >= 4 is 0 Å². The van der Waals surface area contributed by atoms with Crippen molar-refractivity contribution in [1.29, 1.82) is 0 Å². The average Bonchev–Trinajstić information content (AvgIpc) is 2.88. The van der Waals surface area contributed by atoms with E-state index < -0.39 is 0 Å². The number of likely N-dealkylation sites (tertiary alicyclic amines) is 1. The van der Waals surface area contributed by atoms with Crippen molar-refractivity contribution in [2.24, 2.45) is 11.7 Å². The summed E-state index contributed by atoms with van der Waals surface area (Å²) in [7, 11) is 0. The van der Waals surface area contributed by atoms with E-state index in [1.165, 1.54) is 37.9 Å². The third-order valence-electron chi connectivity index (χ3n) is 4.16. The Morgan fingerprint density at radius 3 is 2.69 bits per heavy atom. The van der Waals surface area contributed by atoms with Gasteiger partial charge < -0.3 is 5.73 Å². The summed E-state index contributed by atoms with van der Waals surface area (Å²) >= 11 is 0. The smallest absolute Gasteiger partial charge is 0.0233 e. The molecule has 2 heteroatoms. The topological polar surface area (TPSA) is 29.3 Å². The minimum atomic E-state index is 0.214. The number of benzene rings is 1. The van der Waals surface area contributed by atoms with Gasteiger partial charge in [0.05, 0.1) is 0 Å². The van der Waals surface area contributed by atoms with E-state index in [9.17, 15) is 0 Å². The van der Waals surface area contributed by atoms with E-state index in [1.807, 2.05) is 0 Å². The van der Waals surface area contributed by atoms with Crippen LogP contribution >= 0.6 is 0 Å². The zero-order valence-corrected chi connectivity index (χ0v) is 9.73. The lowest BCUT2D eigenvalue weighted by Crippen LogP contribution is -2.34. The highest BCUT2D eigenvalue weighted by molar-refractivity contribution is 5.15. The number of nitrogens with zero attached hydrogens (tertiary/aromatic N) is 1. The molecule has 86 valence electrons. The molecule has 1 saturated carbocycles. The lowest BCUT2D eigenvalue weighted by Gasteiger charge is -2.19. The third-order valence-corrected chi connectivity index (χ3v) is 4.16. The van der Waals surface area contributed by atoms with Crippen LogP contribution in [-0.4, -0.2) is 23.5 Å². The fourth-order valence-corrected chi connectivity index (χ4v) is 2.84. The summed E-state index contributed by atoms with van der Waals surface area (Å²) in [5.41, 5.74) is 7.92. The number of nitrogens with two attached hydrogens (primary N) is 1. The molecular weight excluding hydrogens is 196 g/mol. The summed E-state index contributed by atoms with van der Waals surface area (Å²) in [6.07, 6.45) is 3.79. The fourth-order valence-electron chi connectivity index (χ4n) is 2.84. The fraction of sp³-hybridized carbons (Fsp3) is 0.571. The van der Waals surface area contributed by atoms with Crippen LogP contribution in [-0.2, 0) is 6.54 Å². The van der Waals surface area contributed by atoms with Gasteiger partial charge in [0, 0.05) is 18.6 Å². The van der Waals surface area contributed by atoms with Gasteiger partial charge in [-0.1, -0.05) is 30.3 Å². The molecule has 1 aliphatic carbocycles. The summed E-state index contributed by atoms with van der Waals surface area (Å²) in [4.78, 5) is 2.55. The van der Waals surface area contributed by atoms with Gasteiger partial charge in [-0.2, -0.15) is 0 Å². The molecule has 1 aromatic rings. The Labute approximate surface area is 97.4 Å². The molecule has 1 aromatic carbocycles. The van der Waals surface area contributed by atoms with Crippen LogP contribution in [0.5, 0.6) is 0 Å². The Kier molecular flexibility index (Phi) is 2.49. The van der Waals surface area contributed by atoms with Gasteiger partial charge in [0.25, 0.3) is 0 Å². The first-order chi connectivity index (χ1) is 7.76. The quantitative estimate of drug-likeness (QED) is 0.837. The monoisotopic (exact) mass is 216 g/mol. The third kappa shape index (κ3) is 2.00. The first-order valence-corrected chi connectivity index (χ1v) is 6.31. The lowest BCUT2D eigenvalue weighted by molar-refractivity contribution is 0.301. The Hall–Kier alpha value is -0.860. The maximum Gasteiger partial charge on any atom is 0.0233 e. The molecule has 2 nitrogen and oxygen atoms in total. The molecule has 0 aromatic heterocycles. The largest absolute Gasteiger partial charge is 0.325 e.